The number of allylic oxidation sites excluding steroid dienone is 3. The molecule has 0 aromatic heterocycles. The van der Waals surface area contributed by atoms with E-state index in [0.717, 1.165) is 0 Å². The maximum absolute atomic E-state index is 2.48. The van der Waals surface area contributed by atoms with Crippen molar-refractivity contribution in [1.82, 2.24) is 4.90 Å². The summed E-state index contributed by atoms with van der Waals surface area (Å²) in [5.74, 6) is 0.687. The van der Waals surface area contributed by atoms with Crippen LogP contribution in [-0.2, 0) is 0 Å². The van der Waals surface area contributed by atoms with E-state index in [1.807, 2.05) is 0 Å². The van der Waals surface area contributed by atoms with Crippen LogP contribution in [0.3, 0.4) is 0 Å². The molecule has 0 atom stereocenters. The van der Waals surface area contributed by atoms with Crippen molar-refractivity contribution in [1.29, 1.82) is 0 Å². The third kappa shape index (κ3) is 6.07. The minimum atomic E-state index is 0.687. The molecule has 0 N–H and O–H groups in total. The first-order chi connectivity index (χ1) is 8.11. The monoisotopic (exact) mass is 235 g/mol. The Morgan fingerprint density at radius 3 is 2.35 bits per heavy atom. The van der Waals surface area contributed by atoms with Crippen LogP contribution in [0.2, 0.25) is 0 Å². The van der Waals surface area contributed by atoms with Gasteiger partial charge in [-0.1, -0.05) is 37.1 Å². The maximum Gasteiger partial charge on any atom is 0.00155 e. The van der Waals surface area contributed by atoms with Gasteiger partial charge in [0.25, 0.3) is 0 Å². The van der Waals surface area contributed by atoms with Gasteiger partial charge < -0.3 is 4.90 Å². The minimum Gasteiger partial charge on any atom is -0.306 e. The number of hydrogen-bond acceptors (Lipinski definition) is 1. The van der Waals surface area contributed by atoms with Gasteiger partial charge >= 0.3 is 0 Å². The summed E-state index contributed by atoms with van der Waals surface area (Å²) in [5.41, 5.74) is 3.31. The summed E-state index contributed by atoms with van der Waals surface area (Å²) in [7, 11) is 2.25. The zero-order chi connectivity index (χ0) is 12.7. The lowest BCUT2D eigenvalue weighted by Gasteiger charge is -2.21. The zero-order valence-electron chi connectivity index (χ0n) is 12.1. The highest BCUT2D eigenvalue weighted by Gasteiger charge is 2.08. The summed E-state index contributed by atoms with van der Waals surface area (Å²) in [6.45, 7) is 9.23. The van der Waals surface area contributed by atoms with E-state index < -0.39 is 0 Å². The van der Waals surface area contributed by atoms with Crippen molar-refractivity contribution in [3.05, 3.63) is 23.3 Å². The second-order valence-electron chi connectivity index (χ2n) is 5.67. The molecular weight excluding hydrogens is 206 g/mol. The van der Waals surface area contributed by atoms with Crippen LogP contribution in [0.25, 0.3) is 0 Å². The van der Waals surface area contributed by atoms with Crippen LogP contribution in [0.15, 0.2) is 23.3 Å². The maximum atomic E-state index is 2.48. The third-order valence-corrected chi connectivity index (χ3v) is 3.60. The molecule has 1 rings (SSSR count). The predicted octanol–water partition coefficient (Wildman–Crippen LogP) is 4.41. The van der Waals surface area contributed by atoms with Crippen LogP contribution in [0, 0.1) is 5.92 Å². The van der Waals surface area contributed by atoms with Crippen molar-refractivity contribution in [3.63, 3.8) is 0 Å². The summed E-state index contributed by atoms with van der Waals surface area (Å²) in [4.78, 5) is 2.48. The van der Waals surface area contributed by atoms with E-state index in [2.05, 4.69) is 44.9 Å². The summed E-state index contributed by atoms with van der Waals surface area (Å²) >= 11 is 0. The molecule has 0 aliphatic carbocycles. The Labute approximate surface area is 108 Å². The summed E-state index contributed by atoms with van der Waals surface area (Å²) in [6, 6.07) is 0. The van der Waals surface area contributed by atoms with E-state index in [4.69, 9.17) is 0 Å². The second kappa shape index (κ2) is 7.71. The topological polar surface area (TPSA) is 3.24 Å². The van der Waals surface area contributed by atoms with E-state index in [1.165, 1.54) is 45.2 Å². The molecule has 0 unspecified atom stereocenters. The van der Waals surface area contributed by atoms with Crippen molar-refractivity contribution in [2.75, 3.05) is 20.1 Å². The number of rotatable bonds is 1. The molecule has 0 aromatic carbocycles. The Morgan fingerprint density at radius 2 is 1.71 bits per heavy atom. The normalized spacial score (nSPS) is 25.7. The van der Waals surface area contributed by atoms with E-state index in [9.17, 15) is 0 Å². The van der Waals surface area contributed by atoms with E-state index in [0.29, 0.717) is 5.92 Å². The summed E-state index contributed by atoms with van der Waals surface area (Å²) in [5, 5.41) is 0. The fourth-order valence-corrected chi connectivity index (χ4v) is 2.52. The van der Waals surface area contributed by atoms with Gasteiger partial charge in [0.05, 0.1) is 0 Å². The molecular formula is C16H29N. The fraction of sp³-hybridized carbons (Fsp3) is 0.750. The van der Waals surface area contributed by atoms with Gasteiger partial charge in [0.15, 0.2) is 0 Å². The van der Waals surface area contributed by atoms with Crippen molar-refractivity contribution in [3.8, 4) is 0 Å². The third-order valence-electron chi connectivity index (χ3n) is 3.60. The second-order valence-corrected chi connectivity index (χ2v) is 5.67. The Bertz CT molecular complexity index is 273. The predicted molar refractivity (Wildman–Crippen MR) is 77.3 cm³/mol. The molecule has 0 saturated carbocycles. The molecule has 1 fully saturated rings. The molecule has 0 radical (unpaired) electrons. The average Bonchev–Trinajstić information content (AvgIpc) is 2.29. The molecule has 1 nitrogen and oxygen atoms in total. The summed E-state index contributed by atoms with van der Waals surface area (Å²) < 4.78 is 0. The highest BCUT2D eigenvalue weighted by atomic mass is 15.1. The Morgan fingerprint density at radius 1 is 1.00 bits per heavy atom. The highest BCUT2D eigenvalue weighted by Crippen LogP contribution is 2.21. The van der Waals surface area contributed by atoms with Gasteiger partial charge in [-0.3, -0.25) is 0 Å². The van der Waals surface area contributed by atoms with Crippen LogP contribution in [0.4, 0.5) is 0 Å². The van der Waals surface area contributed by atoms with E-state index in [-0.39, 0.29) is 0 Å². The van der Waals surface area contributed by atoms with Gasteiger partial charge in [-0.15, -0.1) is 0 Å². The van der Waals surface area contributed by atoms with Gasteiger partial charge in [-0.2, -0.15) is 0 Å². The summed E-state index contributed by atoms with van der Waals surface area (Å²) in [6.07, 6.45) is 11.2. The van der Waals surface area contributed by atoms with Gasteiger partial charge in [-0.25, -0.2) is 0 Å². The van der Waals surface area contributed by atoms with E-state index >= 15 is 0 Å². The van der Waals surface area contributed by atoms with Crippen LogP contribution in [0.5, 0.6) is 0 Å². The van der Waals surface area contributed by atoms with Crippen molar-refractivity contribution in [2.24, 2.45) is 5.92 Å². The van der Waals surface area contributed by atoms with Crippen LogP contribution >= 0.6 is 0 Å². The lowest BCUT2D eigenvalue weighted by Crippen LogP contribution is -2.22. The highest BCUT2D eigenvalue weighted by molar-refractivity contribution is 5.10. The van der Waals surface area contributed by atoms with E-state index in [1.54, 1.807) is 11.1 Å². The minimum absolute atomic E-state index is 0.687. The quantitative estimate of drug-likeness (QED) is 0.608. The molecule has 1 heterocycles. The van der Waals surface area contributed by atoms with Crippen LogP contribution in [-0.4, -0.2) is 25.0 Å². The molecule has 1 saturated heterocycles. The number of hydrogen-bond donors (Lipinski definition) is 0. The van der Waals surface area contributed by atoms with Crippen LogP contribution in [0.1, 0.15) is 52.9 Å². The largest absolute Gasteiger partial charge is 0.306 e. The van der Waals surface area contributed by atoms with Crippen molar-refractivity contribution < 1.29 is 0 Å². The van der Waals surface area contributed by atoms with Crippen molar-refractivity contribution in [2.45, 2.75) is 52.9 Å². The van der Waals surface area contributed by atoms with Gasteiger partial charge in [0.1, 0.15) is 0 Å². The Balaban J connectivity index is 2.66. The molecule has 1 aliphatic heterocycles. The standard InChI is InChI=1S/C16H29N/c1-5-15-7-6-11-17(4)12-10-16(9-8-15)13-14(2)3/h5,13-14H,6-12H2,1-4H3/b15-5-,16-13+. The Kier molecular flexibility index (Phi) is 6.57. The lowest BCUT2D eigenvalue weighted by molar-refractivity contribution is 0.328. The first-order valence-electron chi connectivity index (χ1n) is 7.14. The van der Waals surface area contributed by atoms with Gasteiger partial charge in [0, 0.05) is 6.54 Å². The first-order valence-corrected chi connectivity index (χ1v) is 7.14. The smallest absolute Gasteiger partial charge is 0.00155 e. The molecule has 17 heavy (non-hydrogen) atoms. The SMILES string of the molecule is C/C=C1/CCCN(C)CC/C(=C/C(C)C)CC1. The average molecular weight is 235 g/mol. The Hall–Kier alpha value is -0.560. The lowest BCUT2D eigenvalue weighted by atomic mass is 9.95. The first kappa shape index (κ1) is 14.5. The zero-order valence-corrected chi connectivity index (χ0v) is 12.1. The van der Waals surface area contributed by atoms with Crippen LogP contribution < -0.4 is 0 Å². The molecule has 0 bridgehead atoms. The molecule has 1 heteroatoms. The molecule has 0 aromatic rings. The van der Waals surface area contributed by atoms with Crippen molar-refractivity contribution >= 4 is 0 Å². The molecule has 98 valence electrons. The molecule has 0 amide bonds. The van der Waals surface area contributed by atoms with Gasteiger partial charge in [0.2, 0.25) is 0 Å². The molecule has 1 aliphatic rings. The fourth-order valence-electron chi connectivity index (χ4n) is 2.52. The number of nitrogens with zero attached hydrogens (tertiary/aromatic N) is 1. The van der Waals surface area contributed by atoms with Gasteiger partial charge in [-0.05, 0) is 58.5 Å². The molecule has 0 spiro atoms.